The number of benzene rings is 3. The van der Waals surface area contributed by atoms with Gasteiger partial charge in [-0.2, -0.15) is 4.98 Å². The first kappa shape index (κ1) is 21.6. The second-order valence-corrected chi connectivity index (χ2v) is 10.3. The maximum Gasteiger partial charge on any atom is 0.269 e. The Kier molecular flexibility index (Phi) is 5.35. The summed E-state index contributed by atoms with van der Waals surface area (Å²) < 4.78 is 28.5. The number of rotatable bonds is 5. The van der Waals surface area contributed by atoms with Crippen LogP contribution in [0.25, 0.3) is 21.8 Å². The van der Waals surface area contributed by atoms with E-state index < -0.39 is 10.0 Å². The summed E-state index contributed by atoms with van der Waals surface area (Å²) in [6.07, 6.45) is 3.16. The fraction of sp³-hybridized carbons (Fsp3) is 0.154. The van der Waals surface area contributed by atoms with Crippen LogP contribution in [0.5, 0.6) is 0 Å². The minimum atomic E-state index is -3.87. The number of hydrogen-bond acceptors (Lipinski definition) is 7. The maximum atomic E-state index is 13.7. The van der Waals surface area contributed by atoms with Gasteiger partial charge in [-0.1, -0.05) is 36.4 Å². The summed E-state index contributed by atoms with van der Waals surface area (Å²) in [4.78, 5) is 11.5. The molecule has 2 aromatic heterocycles. The Morgan fingerprint density at radius 2 is 1.63 bits per heavy atom. The summed E-state index contributed by atoms with van der Waals surface area (Å²) in [6, 6.07) is 22.6. The SMILES string of the molecule is O=S(=O)(c1cccc2ccccc12)n1ccc2cnc(Nc3ccc(N4CCNCC4)cc3)nc21. The second-order valence-electron chi connectivity index (χ2n) is 8.48. The molecule has 3 aromatic carbocycles. The van der Waals surface area contributed by atoms with Crippen molar-refractivity contribution in [2.24, 2.45) is 0 Å². The standard InChI is InChI=1S/C26H24N6O2S/c33-35(34,24-7-3-5-19-4-1-2-6-23(19)24)32-15-12-20-18-28-26(30-25(20)32)29-21-8-10-22(11-9-21)31-16-13-27-14-17-31/h1-12,15,18,27H,13-14,16-17H2,(H,28,29,30). The molecule has 1 saturated heterocycles. The van der Waals surface area contributed by atoms with Gasteiger partial charge in [0.1, 0.15) is 0 Å². The van der Waals surface area contributed by atoms with Crippen molar-refractivity contribution in [1.29, 1.82) is 0 Å². The first-order valence-electron chi connectivity index (χ1n) is 11.5. The molecule has 0 atom stereocenters. The number of piperazine rings is 1. The summed E-state index contributed by atoms with van der Waals surface area (Å²) in [6.45, 7) is 3.92. The zero-order chi connectivity index (χ0) is 23.8. The van der Waals surface area contributed by atoms with E-state index in [2.05, 4.69) is 37.6 Å². The van der Waals surface area contributed by atoms with Crippen molar-refractivity contribution in [2.75, 3.05) is 36.4 Å². The van der Waals surface area contributed by atoms with E-state index >= 15 is 0 Å². The third kappa shape index (κ3) is 3.98. The van der Waals surface area contributed by atoms with Crippen molar-refractivity contribution in [3.05, 3.63) is 85.2 Å². The molecule has 0 bridgehead atoms. The van der Waals surface area contributed by atoms with Gasteiger partial charge in [-0.3, -0.25) is 0 Å². The first-order valence-corrected chi connectivity index (χ1v) is 12.9. The van der Waals surface area contributed by atoms with Crippen molar-refractivity contribution >= 4 is 49.2 Å². The summed E-state index contributed by atoms with van der Waals surface area (Å²) in [5.74, 6) is 0.334. The Hall–Kier alpha value is -3.95. The lowest BCUT2D eigenvalue weighted by atomic mass is 10.1. The van der Waals surface area contributed by atoms with Crippen molar-refractivity contribution in [2.45, 2.75) is 4.90 Å². The Morgan fingerprint density at radius 1 is 0.857 bits per heavy atom. The number of fused-ring (bicyclic) bond motifs is 2. The predicted molar refractivity (Wildman–Crippen MR) is 139 cm³/mol. The summed E-state index contributed by atoms with van der Waals surface area (Å²) in [7, 11) is -3.87. The van der Waals surface area contributed by atoms with E-state index in [-0.39, 0.29) is 4.90 Å². The topological polar surface area (TPSA) is 92.2 Å². The van der Waals surface area contributed by atoms with Crippen LogP contribution in [-0.4, -0.2) is 48.5 Å². The Balaban J connectivity index is 1.33. The van der Waals surface area contributed by atoms with Gasteiger partial charge < -0.3 is 15.5 Å². The molecule has 0 saturated carbocycles. The van der Waals surface area contributed by atoms with Crippen molar-refractivity contribution in [1.82, 2.24) is 19.3 Å². The van der Waals surface area contributed by atoms with Gasteiger partial charge in [0.2, 0.25) is 5.95 Å². The predicted octanol–water partition coefficient (Wildman–Crippen LogP) is 3.97. The summed E-state index contributed by atoms with van der Waals surface area (Å²) in [5, 5.41) is 8.75. The van der Waals surface area contributed by atoms with Crippen LogP contribution in [0.4, 0.5) is 17.3 Å². The molecule has 0 unspecified atom stereocenters. The highest BCUT2D eigenvalue weighted by Crippen LogP contribution is 2.28. The molecule has 6 rings (SSSR count). The van der Waals surface area contributed by atoms with Crippen LogP contribution in [0.15, 0.2) is 90.1 Å². The molecular weight excluding hydrogens is 460 g/mol. The molecular formula is C26H24N6O2S. The van der Waals surface area contributed by atoms with Gasteiger partial charge in [0.15, 0.2) is 5.65 Å². The van der Waals surface area contributed by atoms with Crippen LogP contribution in [0.3, 0.4) is 0 Å². The highest BCUT2D eigenvalue weighted by molar-refractivity contribution is 7.90. The van der Waals surface area contributed by atoms with Crippen molar-refractivity contribution in [3.8, 4) is 0 Å². The zero-order valence-electron chi connectivity index (χ0n) is 18.9. The van der Waals surface area contributed by atoms with E-state index in [0.29, 0.717) is 22.4 Å². The maximum absolute atomic E-state index is 13.7. The van der Waals surface area contributed by atoms with Crippen LogP contribution in [-0.2, 0) is 10.0 Å². The average molecular weight is 485 g/mol. The van der Waals surface area contributed by atoms with Gasteiger partial charge in [0.05, 0.1) is 4.90 Å². The van der Waals surface area contributed by atoms with Crippen LogP contribution >= 0.6 is 0 Å². The quantitative estimate of drug-likeness (QED) is 0.390. The van der Waals surface area contributed by atoms with Crippen molar-refractivity contribution in [3.63, 3.8) is 0 Å². The number of nitrogens with one attached hydrogen (secondary N) is 2. The Bertz CT molecular complexity index is 1620. The molecule has 1 fully saturated rings. The van der Waals surface area contributed by atoms with E-state index in [0.717, 1.165) is 37.3 Å². The molecule has 0 radical (unpaired) electrons. The minimum absolute atomic E-state index is 0.240. The zero-order valence-corrected chi connectivity index (χ0v) is 19.7. The highest BCUT2D eigenvalue weighted by Gasteiger charge is 2.22. The normalized spacial score (nSPS) is 14.5. The highest BCUT2D eigenvalue weighted by atomic mass is 32.2. The van der Waals surface area contributed by atoms with Crippen LogP contribution in [0.2, 0.25) is 0 Å². The Labute approximate surface area is 203 Å². The number of hydrogen-bond donors (Lipinski definition) is 2. The van der Waals surface area contributed by atoms with Crippen LogP contribution in [0.1, 0.15) is 0 Å². The third-order valence-electron chi connectivity index (χ3n) is 6.29. The molecule has 3 heterocycles. The first-order chi connectivity index (χ1) is 17.1. The minimum Gasteiger partial charge on any atom is -0.369 e. The van der Waals surface area contributed by atoms with E-state index in [9.17, 15) is 8.42 Å². The molecule has 176 valence electrons. The molecule has 8 nitrogen and oxygen atoms in total. The van der Waals surface area contributed by atoms with E-state index in [1.165, 1.54) is 15.9 Å². The molecule has 9 heteroatoms. The largest absolute Gasteiger partial charge is 0.369 e. The lowest BCUT2D eigenvalue weighted by molar-refractivity contribution is 0.589. The lowest BCUT2D eigenvalue weighted by Crippen LogP contribution is -2.43. The van der Waals surface area contributed by atoms with Gasteiger partial charge in [0, 0.05) is 60.7 Å². The molecule has 1 aliphatic heterocycles. The molecule has 0 aliphatic carbocycles. The van der Waals surface area contributed by atoms with Crippen LogP contribution < -0.4 is 15.5 Å². The van der Waals surface area contributed by atoms with E-state index in [1.807, 2.05) is 42.5 Å². The smallest absolute Gasteiger partial charge is 0.269 e. The second kappa shape index (κ2) is 8.68. The summed E-state index contributed by atoms with van der Waals surface area (Å²) >= 11 is 0. The molecule has 5 aromatic rings. The van der Waals surface area contributed by atoms with Gasteiger partial charge in [-0.05, 0) is 41.8 Å². The molecule has 1 aliphatic rings. The fourth-order valence-electron chi connectivity index (χ4n) is 4.48. The van der Waals surface area contributed by atoms with E-state index in [4.69, 9.17) is 0 Å². The fourth-order valence-corrected chi connectivity index (χ4v) is 6.00. The molecule has 35 heavy (non-hydrogen) atoms. The number of aromatic nitrogens is 3. The number of anilines is 3. The van der Waals surface area contributed by atoms with Crippen molar-refractivity contribution < 1.29 is 8.42 Å². The molecule has 0 spiro atoms. The Morgan fingerprint density at radius 3 is 2.46 bits per heavy atom. The average Bonchev–Trinajstić information content (AvgIpc) is 3.33. The molecule has 0 amide bonds. The third-order valence-corrected chi connectivity index (χ3v) is 8.01. The van der Waals surface area contributed by atoms with Crippen LogP contribution in [0, 0.1) is 0 Å². The van der Waals surface area contributed by atoms with Gasteiger partial charge >= 0.3 is 0 Å². The molecule has 2 N–H and O–H groups in total. The van der Waals surface area contributed by atoms with Gasteiger partial charge in [0.25, 0.3) is 10.0 Å². The van der Waals surface area contributed by atoms with Gasteiger partial charge in [-0.15, -0.1) is 0 Å². The van der Waals surface area contributed by atoms with Gasteiger partial charge in [-0.25, -0.2) is 17.4 Å². The lowest BCUT2D eigenvalue weighted by Gasteiger charge is -2.29. The van der Waals surface area contributed by atoms with E-state index in [1.54, 1.807) is 24.4 Å². The monoisotopic (exact) mass is 484 g/mol. The summed E-state index contributed by atoms with van der Waals surface area (Å²) in [5.41, 5.74) is 2.33. The number of nitrogens with zero attached hydrogens (tertiary/aromatic N) is 4.